The first-order valence-electron chi connectivity index (χ1n) is 6.07. The molecule has 90 valence electrons. The quantitative estimate of drug-likeness (QED) is 0.831. The summed E-state index contributed by atoms with van der Waals surface area (Å²) in [5.74, 6) is 0.594. The van der Waals surface area contributed by atoms with Gasteiger partial charge in [0.1, 0.15) is 0 Å². The molecule has 0 spiro atoms. The minimum atomic E-state index is 0.427. The van der Waals surface area contributed by atoms with Gasteiger partial charge in [-0.1, -0.05) is 44.2 Å². The van der Waals surface area contributed by atoms with Crippen molar-refractivity contribution in [2.45, 2.75) is 26.4 Å². The van der Waals surface area contributed by atoms with Gasteiger partial charge in [-0.25, -0.2) is 0 Å². The molecule has 0 aliphatic rings. The zero-order chi connectivity index (χ0) is 12.1. The topological polar surface area (TPSA) is 12.0 Å². The number of hydrogen-bond acceptors (Lipinski definition) is 2. The minimum absolute atomic E-state index is 0.427. The molecule has 2 aromatic rings. The van der Waals surface area contributed by atoms with Crippen molar-refractivity contribution < 1.29 is 0 Å². The third-order valence-electron chi connectivity index (χ3n) is 2.93. The van der Waals surface area contributed by atoms with Crippen molar-refractivity contribution in [2.75, 3.05) is 0 Å². The molecule has 1 aromatic heterocycles. The van der Waals surface area contributed by atoms with Gasteiger partial charge in [0.05, 0.1) is 0 Å². The first-order valence-corrected chi connectivity index (χ1v) is 7.01. The molecule has 2 rings (SSSR count). The van der Waals surface area contributed by atoms with Crippen molar-refractivity contribution in [3.8, 4) is 0 Å². The molecule has 0 radical (unpaired) electrons. The van der Waals surface area contributed by atoms with E-state index in [4.69, 9.17) is 0 Å². The Labute approximate surface area is 108 Å². The van der Waals surface area contributed by atoms with E-state index >= 15 is 0 Å². The summed E-state index contributed by atoms with van der Waals surface area (Å²) in [6, 6.07) is 13.3. The Bertz CT molecular complexity index is 419. The van der Waals surface area contributed by atoms with E-state index in [0.717, 1.165) is 6.54 Å². The van der Waals surface area contributed by atoms with Crippen LogP contribution in [0.15, 0.2) is 47.2 Å². The van der Waals surface area contributed by atoms with Crippen LogP contribution < -0.4 is 5.32 Å². The van der Waals surface area contributed by atoms with Crippen molar-refractivity contribution in [1.29, 1.82) is 0 Å². The smallest absolute Gasteiger partial charge is 0.0346 e. The fourth-order valence-electron chi connectivity index (χ4n) is 2.02. The number of rotatable bonds is 5. The van der Waals surface area contributed by atoms with Crippen LogP contribution in [0.2, 0.25) is 0 Å². The molecule has 1 nitrogen and oxygen atoms in total. The average Bonchev–Trinajstić information content (AvgIpc) is 2.83. The van der Waals surface area contributed by atoms with Crippen molar-refractivity contribution in [3.63, 3.8) is 0 Å². The second-order valence-corrected chi connectivity index (χ2v) is 5.42. The summed E-state index contributed by atoms with van der Waals surface area (Å²) in [5, 5.41) is 7.98. The van der Waals surface area contributed by atoms with Crippen molar-refractivity contribution in [3.05, 3.63) is 58.3 Å². The molecule has 0 fully saturated rings. The molecule has 1 N–H and O–H groups in total. The van der Waals surface area contributed by atoms with Crippen LogP contribution in [0, 0.1) is 5.92 Å². The predicted molar refractivity (Wildman–Crippen MR) is 75.2 cm³/mol. The Morgan fingerprint density at radius 2 is 1.88 bits per heavy atom. The maximum absolute atomic E-state index is 3.64. The highest BCUT2D eigenvalue weighted by atomic mass is 32.1. The van der Waals surface area contributed by atoms with Gasteiger partial charge in [0.25, 0.3) is 0 Å². The third-order valence-corrected chi connectivity index (χ3v) is 3.66. The Morgan fingerprint density at radius 3 is 2.47 bits per heavy atom. The first kappa shape index (κ1) is 12.3. The fraction of sp³-hybridized carbons (Fsp3) is 0.333. The molecule has 17 heavy (non-hydrogen) atoms. The van der Waals surface area contributed by atoms with Gasteiger partial charge >= 0.3 is 0 Å². The molecule has 1 unspecified atom stereocenters. The maximum atomic E-state index is 3.64. The van der Waals surface area contributed by atoms with Crippen molar-refractivity contribution >= 4 is 11.3 Å². The number of thiophene rings is 1. The fourth-order valence-corrected chi connectivity index (χ4v) is 2.69. The summed E-state index contributed by atoms with van der Waals surface area (Å²) in [5.41, 5.74) is 2.74. The van der Waals surface area contributed by atoms with E-state index in [2.05, 4.69) is 66.3 Å². The zero-order valence-electron chi connectivity index (χ0n) is 10.4. The van der Waals surface area contributed by atoms with Gasteiger partial charge in [-0.15, -0.1) is 0 Å². The Morgan fingerprint density at radius 1 is 1.12 bits per heavy atom. The predicted octanol–water partition coefficient (Wildman–Crippen LogP) is 4.24. The highest BCUT2D eigenvalue weighted by molar-refractivity contribution is 7.07. The molecule has 0 aliphatic carbocycles. The summed E-state index contributed by atoms with van der Waals surface area (Å²) in [6.45, 7) is 5.47. The molecule has 0 saturated carbocycles. The average molecular weight is 245 g/mol. The van der Waals surface area contributed by atoms with Crippen LogP contribution in [0.1, 0.15) is 31.0 Å². The van der Waals surface area contributed by atoms with Crippen molar-refractivity contribution in [1.82, 2.24) is 5.32 Å². The summed E-state index contributed by atoms with van der Waals surface area (Å²) in [6.07, 6.45) is 0. The highest BCUT2D eigenvalue weighted by Gasteiger charge is 2.14. The maximum Gasteiger partial charge on any atom is 0.0346 e. The summed E-state index contributed by atoms with van der Waals surface area (Å²) in [7, 11) is 0. The lowest BCUT2D eigenvalue weighted by molar-refractivity contribution is 0.411. The van der Waals surface area contributed by atoms with Crippen LogP contribution in [0.4, 0.5) is 0 Å². The van der Waals surface area contributed by atoms with Crippen LogP contribution in [0.25, 0.3) is 0 Å². The molecule has 1 heterocycles. The highest BCUT2D eigenvalue weighted by Crippen LogP contribution is 2.22. The Kier molecular flexibility index (Phi) is 4.35. The second-order valence-electron chi connectivity index (χ2n) is 4.64. The standard InChI is InChI=1S/C15H19NS/c1-12(2)15(14-6-4-3-5-7-14)16-10-13-8-9-17-11-13/h3-9,11-12,15-16H,10H2,1-2H3. The van der Waals surface area contributed by atoms with Crippen LogP contribution in [-0.4, -0.2) is 0 Å². The molecule has 0 saturated heterocycles. The monoisotopic (exact) mass is 245 g/mol. The summed E-state index contributed by atoms with van der Waals surface area (Å²) >= 11 is 1.76. The second kappa shape index (κ2) is 5.99. The molecule has 2 heteroatoms. The van der Waals surface area contributed by atoms with E-state index < -0.39 is 0 Å². The van der Waals surface area contributed by atoms with Gasteiger partial charge in [-0.2, -0.15) is 11.3 Å². The molecular weight excluding hydrogens is 226 g/mol. The molecular formula is C15H19NS. The van der Waals surface area contributed by atoms with E-state index in [1.165, 1.54) is 11.1 Å². The number of benzene rings is 1. The van der Waals surface area contributed by atoms with E-state index in [9.17, 15) is 0 Å². The lowest BCUT2D eigenvalue weighted by atomic mass is 9.96. The lowest BCUT2D eigenvalue weighted by Gasteiger charge is -2.22. The van der Waals surface area contributed by atoms with Gasteiger partial charge in [0, 0.05) is 12.6 Å². The summed E-state index contributed by atoms with van der Waals surface area (Å²) in [4.78, 5) is 0. The zero-order valence-corrected chi connectivity index (χ0v) is 11.2. The van der Waals surface area contributed by atoms with E-state index in [-0.39, 0.29) is 0 Å². The normalized spacial score (nSPS) is 12.9. The van der Waals surface area contributed by atoms with Crippen molar-refractivity contribution in [2.24, 2.45) is 5.92 Å². The SMILES string of the molecule is CC(C)C(NCc1ccsc1)c1ccccc1. The minimum Gasteiger partial charge on any atom is -0.306 e. The molecule has 0 bridgehead atoms. The van der Waals surface area contributed by atoms with Gasteiger partial charge in [0.15, 0.2) is 0 Å². The third kappa shape index (κ3) is 3.42. The van der Waals surface area contributed by atoms with Gasteiger partial charge in [-0.3, -0.25) is 0 Å². The van der Waals surface area contributed by atoms with Crippen LogP contribution in [0.3, 0.4) is 0 Å². The Hall–Kier alpha value is -1.12. The number of nitrogens with one attached hydrogen (secondary N) is 1. The molecule has 1 aromatic carbocycles. The van der Waals surface area contributed by atoms with Gasteiger partial charge in [0.2, 0.25) is 0 Å². The molecule has 0 amide bonds. The molecule has 0 aliphatic heterocycles. The van der Waals surface area contributed by atoms with Gasteiger partial charge in [-0.05, 0) is 33.9 Å². The van der Waals surface area contributed by atoms with Crippen LogP contribution in [0.5, 0.6) is 0 Å². The van der Waals surface area contributed by atoms with Crippen LogP contribution in [-0.2, 0) is 6.54 Å². The number of hydrogen-bond donors (Lipinski definition) is 1. The van der Waals surface area contributed by atoms with Crippen LogP contribution >= 0.6 is 11.3 Å². The first-order chi connectivity index (χ1) is 8.27. The summed E-state index contributed by atoms with van der Waals surface area (Å²) < 4.78 is 0. The lowest BCUT2D eigenvalue weighted by Crippen LogP contribution is -2.25. The van der Waals surface area contributed by atoms with Gasteiger partial charge < -0.3 is 5.32 Å². The van der Waals surface area contributed by atoms with E-state index in [0.29, 0.717) is 12.0 Å². The van der Waals surface area contributed by atoms with E-state index in [1.54, 1.807) is 11.3 Å². The van der Waals surface area contributed by atoms with E-state index in [1.807, 2.05) is 0 Å². The molecule has 1 atom stereocenters. The Balaban J connectivity index is 2.03. The largest absolute Gasteiger partial charge is 0.306 e.